The van der Waals surface area contributed by atoms with Crippen LogP contribution < -0.4 is 4.74 Å². The van der Waals surface area contributed by atoms with Crippen molar-refractivity contribution >= 4 is 21.8 Å². The topological polar surface area (TPSA) is 70.7 Å². The summed E-state index contributed by atoms with van der Waals surface area (Å²) in [6, 6.07) is 28.9. The highest BCUT2D eigenvalue weighted by molar-refractivity contribution is 6.09. The van der Waals surface area contributed by atoms with E-state index < -0.39 is 0 Å². The van der Waals surface area contributed by atoms with E-state index in [1.54, 1.807) is 29.6 Å². The van der Waals surface area contributed by atoms with Crippen molar-refractivity contribution in [3.05, 3.63) is 121 Å². The smallest absolute Gasteiger partial charge is 0.137 e. The number of nitrogens with zero attached hydrogens (tertiary/aromatic N) is 6. The Balaban J connectivity index is 1.36. The van der Waals surface area contributed by atoms with Crippen molar-refractivity contribution in [2.75, 3.05) is 0 Å². The fourth-order valence-corrected chi connectivity index (χ4v) is 5.17. The summed E-state index contributed by atoms with van der Waals surface area (Å²) in [6.45, 7) is 6.72. The Hall–Kier alpha value is -5.30. The monoisotopic (exact) mass is 536 g/mol. The molecule has 7 rings (SSSR count). The van der Waals surface area contributed by atoms with Gasteiger partial charge in [0.2, 0.25) is 0 Å². The largest absolute Gasteiger partial charge is 0.457 e. The summed E-state index contributed by atoms with van der Waals surface area (Å²) in [6.07, 6.45) is 8.82. The molecule has 0 fully saturated rings. The van der Waals surface area contributed by atoms with Crippen LogP contribution in [0.1, 0.15) is 26.3 Å². The SMILES string of the molecule is CC(C)(C)c1ccc2c(c1)c1ccc(Oc3cccc(-n4nccn4)c3)cc1n2-c1ccc(-c2ccncc2)cn1. The zero-order chi connectivity index (χ0) is 28.0. The van der Waals surface area contributed by atoms with E-state index in [4.69, 9.17) is 9.72 Å². The van der Waals surface area contributed by atoms with E-state index in [-0.39, 0.29) is 5.41 Å². The van der Waals surface area contributed by atoms with Crippen molar-refractivity contribution in [2.45, 2.75) is 26.2 Å². The number of fused-ring (bicyclic) bond motifs is 3. The van der Waals surface area contributed by atoms with E-state index in [1.165, 1.54) is 10.9 Å². The molecule has 0 aliphatic heterocycles. The zero-order valence-electron chi connectivity index (χ0n) is 23.1. The summed E-state index contributed by atoms with van der Waals surface area (Å²) >= 11 is 0. The fourth-order valence-electron chi connectivity index (χ4n) is 5.17. The van der Waals surface area contributed by atoms with Crippen molar-refractivity contribution in [3.8, 4) is 34.1 Å². The molecular weight excluding hydrogens is 508 g/mol. The lowest BCUT2D eigenvalue weighted by molar-refractivity contribution is 0.482. The number of pyridine rings is 2. The van der Waals surface area contributed by atoms with Gasteiger partial charge in [-0.2, -0.15) is 15.0 Å². The lowest BCUT2D eigenvalue weighted by atomic mass is 9.86. The van der Waals surface area contributed by atoms with E-state index in [2.05, 4.69) is 83.0 Å². The van der Waals surface area contributed by atoms with Crippen LogP contribution in [0.3, 0.4) is 0 Å². The van der Waals surface area contributed by atoms with Crippen LogP contribution in [-0.4, -0.2) is 29.5 Å². The molecule has 7 nitrogen and oxygen atoms in total. The van der Waals surface area contributed by atoms with Crippen LogP contribution in [0.2, 0.25) is 0 Å². The Morgan fingerprint density at radius 3 is 2.22 bits per heavy atom. The van der Waals surface area contributed by atoms with E-state index in [0.29, 0.717) is 5.75 Å². The maximum absolute atomic E-state index is 6.36. The lowest BCUT2D eigenvalue weighted by Crippen LogP contribution is -2.10. The minimum Gasteiger partial charge on any atom is -0.457 e. The summed E-state index contributed by atoms with van der Waals surface area (Å²) < 4.78 is 8.57. The molecule has 3 aromatic carbocycles. The van der Waals surface area contributed by atoms with E-state index in [9.17, 15) is 0 Å². The van der Waals surface area contributed by atoms with Crippen LogP contribution >= 0.6 is 0 Å². The summed E-state index contributed by atoms with van der Waals surface area (Å²) in [5.41, 5.74) is 6.40. The molecule has 7 aromatic rings. The predicted molar refractivity (Wildman–Crippen MR) is 162 cm³/mol. The van der Waals surface area contributed by atoms with Crippen LogP contribution in [0.4, 0.5) is 0 Å². The van der Waals surface area contributed by atoms with Gasteiger partial charge in [-0.15, -0.1) is 0 Å². The van der Waals surface area contributed by atoms with E-state index in [0.717, 1.165) is 44.8 Å². The van der Waals surface area contributed by atoms with Crippen LogP contribution in [0.25, 0.3) is 44.4 Å². The number of ether oxygens (including phenoxy) is 1. The second-order valence-corrected chi connectivity index (χ2v) is 11.1. The average molecular weight is 537 g/mol. The fraction of sp³-hybridized carbons (Fsp3) is 0.118. The van der Waals surface area contributed by atoms with Gasteiger partial charge in [-0.25, -0.2) is 4.98 Å². The Bertz CT molecular complexity index is 1990. The Kier molecular flexibility index (Phi) is 5.86. The second-order valence-electron chi connectivity index (χ2n) is 11.1. The zero-order valence-corrected chi connectivity index (χ0v) is 23.1. The first kappa shape index (κ1) is 24.7. The molecule has 0 bridgehead atoms. The average Bonchev–Trinajstić information content (AvgIpc) is 3.64. The molecule has 0 spiro atoms. The van der Waals surface area contributed by atoms with Gasteiger partial charge < -0.3 is 4.74 Å². The van der Waals surface area contributed by atoms with E-state index >= 15 is 0 Å². The first-order valence-corrected chi connectivity index (χ1v) is 13.5. The van der Waals surface area contributed by atoms with E-state index in [1.807, 2.05) is 48.7 Å². The molecule has 0 saturated carbocycles. The Morgan fingerprint density at radius 2 is 1.46 bits per heavy atom. The van der Waals surface area contributed by atoms with Crippen LogP contribution in [0.15, 0.2) is 116 Å². The third kappa shape index (κ3) is 4.61. The van der Waals surface area contributed by atoms with Crippen molar-refractivity contribution in [1.82, 2.24) is 29.5 Å². The molecule has 0 unspecified atom stereocenters. The number of benzene rings is 3. The number of hydrogen-bond donors (Lipinski definition) is 0. The van der Waals surface area contributed by atoms with Gasteiger partial charge in [0.1, 0.15) is 17.3 Å². The third-order valence-corrected chi connectivity index (χ3v) is 7.30. The molecule has 7 heteroatoms. The molecule has 0 saturated heterocycles. The minimum absolute atomic E-state index is 0.0323. The first-order chi connectivity index (χ1) is 19.9. The molecule has 41 heavy (non-hydrogen) atoms. The molecule has 0 radical (unpaired) electrons. The van der Waals surface area contributed by atoms with Gasteiger partial charge in [-0.1, -0.05) is 32.9 Å². The van der Waals surface area contributed by atoms with Crippen molar-refractivity contribution < 1.29 is 4.74 Å². The molecule has 200 valence electrons. The Labute approximate surface area is 237 Å². The van der Waals surface area contributed by atoms with Gasteiger partial charge in [-0.05, 0) is 77.2 Å². The van der Waals surface area contributed by atoms with Crippen LogP contribution in [0.5, 0.6) is 11.5 Å². The number of aromatic nitrogens is 6. The van der Waals surface area contributed by atoms with Gasteiger partial charge in [0.05, 0.1) is 29.1 Å². The standard InChI is InChI=1S/C34H28N6O/c1-34(2,3)25-8-11-31-30(19-25)29-10-9-28(41-27-6-4-5-26(20-27)40-37-17-18-38-40)21-32(29)39(31)33-12-7-24(22-36-33)23-13-15-35-16-14-23/h4-22H,1-3H3. The third-order valence-electron chi connectivity index (χ3n) is 7.30. The summed E-state index contributed by atoms with van der Waals surface area (Å²) in [5, 5.41) is 10.8. The van der Waals surface area contributed by atoms with Crippen LogP contribution in [-0.2, 0) is 5.41 Å². The second kappa shape index (κ2) is 9.71. The van der Waals surface area contributed by atoms with Gasteiger partial charge in [0.15, 0.2) is 0 Å². The maximum atomic E-state index is 6.36. The molecule has 4 aromatic heterocycles. The molecule has 0 aliphatic carbocycles. The lowest BCUT2D eigenvalue weighted by Gasteiger charge is -2.19. The summed E-state index contributed by atoms with van der Waals surface area (Å²) in [5.74, 6) is 2.28. The Morgan fingerprint density at radius 1 is 0.659 bits per heavy atom. The maximum Gasteiger partial charge on any atom is 0.137 e. The summed E-state index contributed by atoms with van der Waals surface area (Å²) in [4.78, 5) is 10.6. The molecule has 4 heterocycles. The number of hydrogen-bond acceptors (Lipinski definition) is 5. The van der Waals surface area contributed by atoms with Gasteiger partial charge in [-0.3, -0.25) is 9.55 Å². The molecule has 0 aliphatic rings. The normalized spacial score (nSPS) is 11.8. The van der Waals surface area contributed by atoms with Gasteiger partial charge >= 0.3 is 0 Å². The first-order valence-electron chi connectivity index (χ1n) is 13.5. The highest BCUT2D eigenvalue weighted by atomic mass is 16.5. The molecule has 0 amide bonds. The highest BCUT2D eigenvalue weighted by Crippen LogP contribution is 2.37. The van der Waals surface area contributed by atoms with Gasteiger partial charge in [0, 0.05) is 47.1 Å². The molecule has 0 N–H and O–H groups in total. The van der Waals surface area contributed by atoms with Crippen molar-refractivity contribution in [1.29, 1.82) is 0 Å². The highest BCUT2D eigenvalue weighted by Gasteiger charge is 2.19. The van der Waals surface area contributed by atoms with Crippen molar-refractivity contribution in [3.63, 3.8) is 0 Å². The predicted octanol–water partition coefficient (Wildman–Crippen LogP) is 7.91. The quantitative estimate of drug-likeness (QED) is 0.224. The summed E-state index contributed by atoms with van der Waals surface area (Å²) in [7, 11) is 0. The number of rotatable bonds is 5. The van der Waals surface area contributed by atoms with Gasteiger partial charge in [0.25, 0.3) is 0 Å². The molecular formula is C34H28N6O. The minimum atomic E-state index is 0.0323. The van der Waals surface area contributed by atoms with Crippen LogP contribution in [0, 0.1) is 0 Å². The van der Waals surface area contributed by atoms with Crippen molar-refractivity contribution in [2.24, 2.45) is 0 Å². The molecule has 0 atom stereocenters.